The Balaban J connectivity index is 1.44. The predicted molar refractivity (Wildman–Crippen MR) is 105 cm³/mol. The molecule has 0 saturated heterocycles. The Hall–Kier alpha value is -3.32. The predicted octanol–water partition coefficient (Wildman–Crippen LogP) is 3.96. The van der Waals surface area contributed by atoms with Gasteiger partial charge in [-0.15, -0.1) is 0 Å². The third-order valence-corrected chi connectivity index (χ3v) is 4.77. The van der Waals surface area contributed by atoms with Gasteiger partial charge in [0.05, 0.1) is 17.6 Å². The molecule has 7 heteroatoms. The van der Waals surface area contributed by atoms with Crippen molar-refractivity contribution >= 4 is 0 Å². The van der Waals surface area contributed by atoms with E-state index >= 15 is 0 Å². The van der Waals surface area contributed by atoms with Crippen molar-refractivity contribution in [2.24, 2.45) is 0 Å². The monoisotopic (exact) mass is 376 g/mol. The second-order valence-corrected chi connectivity index (χ2v) is 6.70. The van der Waals surface area contributed by atoms with Crippen LogP contribution < -0.4 is 5.32 Å². The Labute approximate surface area is 162 Å². The highest BCUT2D eigenvalue weighted by molar-refractivity contribution is 5.57. The summed E-state index contributed by atoms with van der Waals surface area (Å²) in [6.45, 7) is 4.76. The maximum Gasteiger partial charge on any atom is 0.123 e. The molecule has 6 nitrogen and oxygen atoms in total. The molecule has 0 bridgehead atoms. The first-order chi connectivity index (χ1) is 13.6. The molecule has 3 aromatic heterocycles. The average Bonchev–Trinajstić information content (AvgIpc) is 3.34. The summed E-state index contributed by atoms with van der Waals surface area (Å²) in [4.78, 5) is 4.13. The van der Waals surface area contributed by atoms with Gasteiger partial charge in [-0.2, -0.15) is 10.2 Å². The maximum atomic E-state index is 13.2. The molecule has 4 rings (SSSR count). The van der Waals surface area contributed by atoms with Crippen molar-refractivity contribution in [3.63, 3.8) is 0 Å². The standard InChI is InChI=1S/C21H21FN6/c1-14(20-13-25-28(15(20)2)19-7-5-17(22)6-8-19)24-12-18-10-21(27-26-18)16-4-3-9-23-11-16/h3-11,13-14,24H,12H2,1-2H3,(H,26,27). The van der Waals surface area contributed by atoms with Gasteiger partial charge in [0.15, 0.2) is 0 Å². The number of aromatic amines is 1. The van der Waals surface area contributed by atoms with Gasteiger partial charge in [0, 0.05) is 47.5 Å². The minimum atomic E-state index is -0.256. The first-order valence-corrected chi connectivity index (χ1v) is 9.10. The first-order valence-electron chi connectivity index (χ1n) is 9.10. The van der Waals surface area contributed by atoms with Crippen LogP contribution in [-0.4, -0.2) is 25.0 Å². The van der Waals surface area contributed by atoms with Crippen LogP contribution in [0.1, 0.15) is 29.9 Å². The molecule has 1 unspecified atom stereocenters. The van der Waals surface area contributed by atoms with Crippen LogP contribution in [0.15, 0.2) is 61.1 Å². The highest BCUT2D eigenvalue weighted by Crippen LogP contribution is 2.21. The molecule has 0 radical (unpaired) electrons. The number of pyridine rings is 1. The molecule has 3 heterocycles. The summed E-state index contributed by atoms with van der Waals surface area (Å²) in [6, 6.07) is 12.3. The maximum absolute atomic E-state index is 13.2. The fourth-order valence-corrected chi connectivity index (χ4v) is 3.18. The lowest BCUT2D eigenvalue weighted by atomic mass is 10.1. The largest absolute Gasteiger partial charge is 0.304 e. The quantitative estimate of drug-likeness (QED) is 0.534. The van der Waals surface area contributed by atoms with Crippen LogP contribution in [0.3, 0.4) is 0 Å². The molecule has 2 N–H and O–H groups in total. The zero-order chi connectivity index (χ0) is 19.5. The van der Waals surface area contributed by atoms with Crippen molar-refractivity contribution in [3.8, 4) is 16.9 Å². The van der Waals surface area contributed by atoms with E-state index in [4.69, 9.17) is 0 Å². The second-order valence-electron chi connectivity index (χ2n) is 6.70. The Morgan fingerprint density at radius 1 is 1.18 bits per heavy atom. The van der Waals surface area contributed by atoms with E-state index in [1.807, 2.05) is 36.0 Å². The van der Waals surface area contributed by atoms with E-state index in [1.165, 1.54) is 12.1 Å². The molecule has 1 atom stereocenters. The number of nitrogens with one attached hydrogen (secondary N) is 2. The number of halogens is 1. The lowest BCUT2D eigenvalue weighted by Gasteiger charge is -2.13. The van der Waals surface area contributed by atoms with E-state index in [1.54, 1.807) is 24.5 Å². The highest BCUT2D eigenvalue weighted by Gasteiger charge is 2.14. The average molecular weight is 376 g/mol. The molecule has 4 aromatic rings. The number of aromatic nitrogens is 5. The van der Waals surface area contributed by atoms with Gasteiger partial charge >= 0.3 is 0 Å². The van der Waals surface area contributed by atoms with Gasteiger partial charge in [0.1, 0.15) is 5.82 Å². The molecule has 142 valence electrons. The number of benzene rings is 1. The van der Waals surface area contributed by atoms with Gasteiger partial charge in [-0.1, -0.05) is 0 Å². The van der Waals surface area contributed by atoms with Crippen LogP contribution in [0.2, 0.25) is 0 Å². The molecular weight excluding hydrogens is 355 g/mol. The molecule has 28 heavy (non-hydrogen) atoms. The summed E-state index contributed by atoms with van der Waals surface area (Å²) in [5.74, 6) is -0.256. The lowest BCUT2D eigenvalue weighted by Crippen LogP contribution is -2.19. The van der Waals surface area contributed by atoms with Crippen LogP contribution in [0.5, 0.6) is 0 Å². The number of H-pyrrole nitrogens is 1. The summed E-state index contributed by atoms with van der Waals surface area (Å²) < 4.78 is 15.0. The van der Waals surface area contributed by atoms with Crippen molar-refractivity contribution < 1.29 is 4.39 Å². The summed E-state index contributed by atoms with van der Waals surface area (Å²) in [6.07, 6.45) is 5.39. The summed E-state index contributed by atoms with van der Waals surface area (Å²) in [5.41, 5.74) is 5.80. The topological polar surface area (TPSA) is 71.4 Å². The van der Waals surface area contributed by atoms with E-state index in [0.29, 0.717) is 6.54 Å². The van der Waals surface area contributed by atoms with Gasteiger partial charge in [0.2, 0.25) is 0 Å². The number of hydrogen-bond acceptors (Lipinski definition) is 4. The van der Waals surface area contributed by atoms with Crippen LogP contribution >= 0.6 is 0 Å². The molecule has 0 aliphatic rings. The molecular formula is C21H21FN6. The third kappa shape index (κ3) is 3.70. The van der Waals surface area contributed by atoms with Crippen molar-refractivity contribution in [1.29, 1.82) is 0 Å². The summed E-state index contributed by atoms with van der Waals surface area (Å²) in [5, 5.41) is 15.4. The molecule has 0 spiro atoms. The molecule has 0 aliphatic heterocycles. The first kappa shape index (κ1) is 18.1. The molecule has 0 fully saturated rings. The fraction of sp³-hybridized carbons (Fsp3) is 0.190. The normalized spacial score (nSPS) is 12.2. The van der Waals surface area contributed by atoms with Gasteiger partial charge in [-0.05, 0) is 56.3 Å². The summed E-state index contributed by atoms with van der Waals surface area (Å²) in [7, 11) is 0. The number of rotatable bonds is 6. The van der Waals surface area contributed by atoms with E-state index in [-0.39, 0.29) is 11.9 Å². The van der Waals surface area contributed by atoms with Crippen molar-refractivity contribution in [3.05, 3.63) is 83.8 Å². The smallest absolute Gasteiger partial charge is 0.123 e. The fourth-order valence-electron chi connectivity index (χ4n) is 3.18. The van der Waals surface area contributed by atoms with Gasteiger partial charge in [-0.25, -0.2) is 9.07 Å². The summed E-state index contributed by atoms with van der Waals surface area (Å²) >= 11 is 0. The van der Waals surface area contributed by atoms with Gasteiger partial charge in [-0.3, -0.25) is 10.1 Å². The van der Waals surface area contributed by atoms with E-state index in [2.05, 4.69) is 32.5 Å². The minimum Gasteiger partial charge on any atom is -0.304 e. The second kappa shape index (κ2) is 7.74. The van der Waals surface area contributed by atoms with E-state index in [0.717, 1.165) is 33.9 Å². The van der Waals surface area contributed by atoms with Crippen LogP contribution in [0, 0.1) is 12.7 Å². The minimum absolute atomic E-state index is 0.0966. The Bertz CT molecular complexity index is 1050. The van der Waals surface area contributed by atoms with Crippen LogP contribution in [0.4, 0.5) is 4.39 Å². The van der Waals surface area contributed by atoms with Crippen molar-refractivity contribution in [2.75, 3.05) is 0 Å². The van der Waals surface area contributed by atoms with E-state index in [9.17, 15) is 4.39 Å². The molecule has 0 aliphatic carbocycles. The third-order valence-electron chi connectivity index (χ3n) is 4.77. The van der Waals surface area contributed by atoms with Crippen molar-refractivity contribution in [1.82, 2.24) is 30.3 Å². The Kier molecular flexibility index (Phi) is 4.99. The zero-order valence-corrected chi connectivity index (χ0v) is 15.7. The Morgan fingerprint density at radius 2 is 2.00 bits per heavy atom. The van der Waals surface area contributed by atoms with Crippen LogP contribution in [-0.2, 0) is 6.54 Å². The lowest BCUT2D eigenvalue weighted by molar-refractivity contribution is 0.564. The SMILES string of the molecule is Cc1c(C(C)NCc2cc(-c3cccnc3)n[nH]2)cnn1-c1ccc(F)cc1. The van der Waals surface area contributed by atoms with Gasteiger partial charge < -0.3 is 5.32 Å². The highest BCUT2D eigenvalue weighted by atomic mass is 19.1. The van der Waals surface area contributed by atoms with Gasteiger partial charge in [0.25, 0.3) is 0 Å². The molecule has 1 aromatic carbocycles. The van der Waals surface area contributed by atoms with Crippen LogP contribution in [0.25, 0.3) is 16.9 Å². The molecule has 0 saturated carbocycles. The van der Waals surface area contributed by atoms with Crippen molar-refractivity contribution in [2.45, 2.75) is 26.4 Å². The number of hydrogen-bond donors (Lipinski definition) is 2. The van der Waals surface area contributed by atoms with E-state index < -0.39 is 0 Å². The molecule has 0 amide bonds. The zero-order valence-electron chi connectivity index (χ0n) is 15.7. The number of nitrogens with zero attached hydrogens (tertiary/aromatic N) is 4. The Morgan fingerprint density at radius 3 is 2.75 bits per heavy atom.